The molecule has 1 aromatic rings. The molecular formula is C7H10FN3. The minimum atomic E-state index is -0.363. The molecule has 11 heavy (non-hydrogen) atoms. The Labute approximate surface area is 64.5 Å². The highest BCUT2D eigenvalue weighted by molar-refractivity contribution is 5.11. The predicted molar refractivity (Wildman–Crippen MR) is 39.3 cm³/mol. The minimum Gasteiger partial charge on any atom is -0.325 e. The molecule has 1 rings (SSSR count). The molecule has 0 aliphatic carbocycles. The lowest BCUT2D eigenvalue weighted by molar-refractivity contribution is 0.572. The van der Waals surface area contributed by atoms with E-state index >= 15 is 0 Å². The number of rotatable bonds is 2. The van der Waals surface area contributed by atoms with Crippen LogP contribution in [0.25, 0.3) is 0 Å². The topological polar surface area (TPSA) is 51.8 Å². The van der Waals surface area contributed by atoms with Crippen LogP contribution in [-0.2, 0) is 13.0 Å². The lowest BCUT2D eigenvalue weighted by Gasteiger charge is -2.00. The summed E-state index contributed by atoms with van der Waals surface area (Å²) in [6, 6.07) is 0. The van der Waals surface area contributed by atoms with Gasteiger partial charge in [-0.15, -0.1) is 0 Å². The Balaban J connectivity index is 3.10. The molecule has 60 valence electrons. The van der Waals surface area contributed by atoms with E-state index in [0.29, 0.717) is 12.1 Å². The number of hydrogen-bond donors (Lipinski definition) is 1. The van der Waals surface area contributed by atoms with E-state index in [1.54, 1.807) is 0 Å². The molecule has 2 N–H and O–H groups in total. The Morgan fingerprint density at radius 3 is 2.64 bits per heavy atom. The van der Waals surface area contributed by atoms with Gasteiger partial charge in [-0.05, 0) is 6.42 Å². The van der Waals surface area contributed by atoms with Gasteiger partial charge >= 0.3 is 0 Å². The second-order valence-electron chi connectivity index (χ2n) is 2.14. The van der Waals surface area contributed by atoms with Crippen LogP contribution in [0.3, 0.4) is 0 Å². The number of nitrogens with zero attached hydrogens (tertiary/aromatic N) is 2. The zero-order valence-electron chi connectivity index (χ0n) is 6.34. The maximum absolute atomic E-state index is 13.1. The van der Waals surface area contributed by atoms with Crippen LogP contribution in [0.2, 0.25) is 0 Å². The Kier molecular flexibility index (Phi) is 2.48. The highest BCUT2D eigenvalue weighted by Crippen LogP contribution is 2.06. The first kappa shape index (κ1) is 8.07. The van der Waals surface area contributed by atoms with Gasteiger partial charge in [0.25, 0.3) is 0 Å². The molecule has 0 aliphatic heterocycles. The van der Waals surface area contributed by atoms with E-state index in [1.807, 2.05) is 6.92 Å². The van der Waals surface area contributed by atoms with Crippen molar-refractivity contribution in [3.63, 3.8) is 0 Å². The van der Waals surface area contributed by atoms with Crippen molar-refractivity contribution in [2.24, 2.45) is 5.73 Å². The van der Waals surface area contributed by atoms with Gasteiger partial charge in [0.1, 0.15) is 6.33 Å². The molecule has 0 bridgehead atoms. The number of nitrogens with two attached hydrogens (primary N) is 1. The molecule has 0 amide bonds. The molecule has 0 atom stereocenters. The van der Waals surface area contributed by atoms with Gasteiger partial charge in [0.05, 0.1) is 11.4 Å². The van der Waals surface area contributed by atoms with Gasteiger partial charge in [0, 0.05) is 6.54 Å². The van der Waals surface area contributed by atoms with E-state index in [4.69, 9.17) is 5.73 Å². The summed E-state index contributed by atoms with van der Waals surface area (Å²) in [5.41, 5.74) is 5.96. The van der Waals surface area contributed by atoms with E-state index in [1.165, 1.54) is 6.33 Å². The number of aryl methyl sites for hydroxylation is 1. The third-order valence-electron chi connectivity index (χ3n) is 1.46. The van der Waals surface area contributed by atoms with Crippen molar-refractivity contribution < 1.29 is 4.39 Å². The van der Waals surface area contributed by atoms with Crippen molar-refractivity contribution in [3.8, 4) is 0 Å². The Bertz CT molecular complexity index is 227. The molecule has 0 radical (unpaired) electrons. The van der Waals surface area contributed by atoms with Gasteiger partial charge in [-0.1, -0.05) is 6.92 Å². The first-order valence-corrected chi connectivity index (χ1v) is 3.48. The summed E-state index contributed by atoms with van der Waals surface area (Å²) in [6.45, 7) is 1.97. The molecule has 0 saturated carbocycles. The normalized spacial score (nSPS) is 10.1. The lowest BCUT2D eigenvalue weighted by atomic mass is 10.2. The van der Waals surface area contributed by atoms with Crippen molar-refractivity contribution >= 4 is 0 Å². The van der Waals surface area contributed by atoms with Crippen molar-refractivity contribution in [2.45, 2.75) is 19.9 Å². The molecule has 3 nitrogen and oxygen atoms in total. The Morgan fingerprint density at radius 2 is 2.09 bits per heavy atom. The van der Waals surface area contributed by atoms with Gasteiger partial charge < -0.3 is 5.73 Å². The molecule has 0 unspecified atom stereocenters. The molecule has 0 saturated heterocycles. The average Bonchev–Trinajstić information content (AvgIpc) is 2.05. The molecule has 1 heterocycles. The van der Waals surface area contributed by atoms with Gasteiger partial charge in [-0.25, -0.2) is 14.4 Å². The summed E-state index contributed by atoms with van der Waals surface area (Å²) in [5, 5.41) is 0. The number of hydrogen-bond acceptors (Lipinski definition) is 3. The van der Waals surface area contributed by atoms with Crippen molar-refractivity contribution in [2.75, 3.05) is 0 Å². The summed E-state index contributed by atoms with van der Waals surface area (Å²) in [6.07, 6.45) is 1.91. The number of aromatic nitrogens is 2. The fourth-order valence-corrected chi connectivity index (χ4v) is 0.837. The number of halogens is 1. The van der Waals surface area contributed by atoms with Crippen LogP contribution in [0, 0.1) is 5.82 Å². The average molecular weight is 155 g/mol. The summed E-state index contributed by atoms with van der Waals surface area (Å²) < 4.78 is 13.1. The predicted octanol–water partition coefficient (Wildman–Crippen LogP) is 0.637. The first-order valence-electron chi connectivity index (χ1n) is 3.48. The van der Waals surface area contributed by atoms with E-state index in [0.717, 1.165) is 0 Å². The fourth-order valence-electron chi connectivity index (χ4n) is 0.837. The Morgan fingerprint density at radius 1 is 1.45 bits per heavy atom. The SMILES string of the molecule is CCc1ncnc(CN)c1F. The van der Waals surface area contributed by atoms with Gasteiger partial charge in [-0.2, -0.15) is 0 Å². The smallest absolute Gasteiger partial charge is 0.167 e. The lowest BCUT2D eigenvalue weighted by Crippen LogP contribution is -2.06. The largest absolute Gasteiger partial charge is 0.325 e. The van der Waals surface area contributed by atoms with Crippen LogP contribution in [0.5, 0.6) is 0 Å². The van der Waals surface area contributed by atoms with Crippen LogP contribution in [0.4, 0.5) is 4.39 Å². The monoisotopic (exact) mass is 155 g/mol. The second-order valence-corrected chi connectivity index (χ2v) is 2.14. The van der Waals surface area contributed by atoms with Gasteiger partial charge in [-0.3, -0.25) is 0 Å². The van der Waals surface area contributed by atoms with Crippen LogP contribution in [0.1, 0.15) is 18.3 Å². The molecule has 0 fully saturated rings. The molecule has 0 spiro atoms. The zero-order valence-corrected chi connectivity index (χ0v) is 6.34. The van der Waals surface area contributed by atoms with E-state index < -0.39 is 0 Å². The molecule has 0 aromatic carbocycles. The summed E-state index contributed by atoms with van der Waals surface area (Å²) in [7, 11) is 0. The van der Waals surface area contributed by atoms with Crippen LogP contribution in [-0.4, -0.2) is 9.97 Å². The molecule has 1 aromatic heterocycles. The molecule has 0 aliphatic rings. The summed E-state index contributed by atoms with van der Waals surface area (Å²) >= 11 is 0. The van der Waals surface area contributed by atoms with Crippen molar-refractivity contribution in [1.29, 1.82) is 0 Å². The van der Waals surface area contributed by atoms with Crippen LogP contribution >= 0.6 is 0 Å². The van der Waals surface area contributed by atoms with Crippen molar-refractivity contribution in [1.82, 2.24) is 9.97 Å². The van der Waals surface area contributed by atoms with E-state index in [2.05, 4.69) is 9.97 Å². The quantitative estimate of drug-likeness (QED) is 0.681. The Hall–Kier alpha value is -1.03. The fraction of sp³-hybridized carbons (Fsp3) is 0.429. The molecular weight excluding hydrogens is 145 g/mol. The minimum absolute atomic E-state index is 0.126. The highest BCUT2D eigenvalue weighted by Gasteiger charge is 2.06. The highest BCUT2D eigenvalue weighted by atomic mass is 19.1. The standard InChI is InChI=1S/C7H10FN3/c1-2-5-7(8)6(3-9)11-4-10-5/h4H,2-3,9H2,1H3. The van der Waals surface area contributed by atoms with Crippen LogP contribution < -0.4 is 5.73 Å². The third kappa shape index (κ3) is 1.51. The zero-order chi connectivity index (χ0) is 8.27. The summed E-state index contributed by atoms with van der Waals surface area (Å²) in [5.74, 6) is -0.363. The summed E-state index contributed by atoms with van der Waals surface area (Å²) in [4.78, 5) is 7.46. The van der Waals surface area contributed by atoms with E-state index in [9.17, 15) is 4.39 Å². The van der Waals surface area contributed by atoms with Crippen LogP contribution in [0.15, 0.2) is 6.33 Å². The first-order chi connectivity index (χ1) is 5.29. The maximum atomic E-state index is 13.1. The van der Waals surface area contributed by atoms with Gasteiger partial charge in [0.2, 0.25) is 0 Å². The maximum Gasteiger partial charge on any atom is 0.167 e. The third-order valence-corrected chi connectivity index (χ3v) is 1.46. The van der Waals surface area contributed by atoms with Crippen molar-refractivity contribution in [3.05, 3.63) is 23.5 Å². The van der Waals surface area contributed by atoms with E-state index in [-0.39, 0.29) is 18.1 Å². The molecule has 4 heteroatoms. The van der Waals surface area contributed by atoms with Gasteiger partial charge in [0.15, 0.2) is 5.82 Å². The second kappa shape index (κ2) is 3.39.